The molecule has 0 aliphatic carbocycles. The molecule has 1 aliphatic heterocycles. The third kappa shape index (κ3) is 4.17. The minimum absolute atomic E-state index is 0.110. The summed E-state index contributed by atoms with van der Waals surface area (Å²) in [6.07, 6.45) is -0.110. The Kier molecular flexibility index (Phi) is 5.75. The van der Waals surface area contributed by atoms with Gasteiger partial charge in [0.15, 0.2) is 0 Å². The second-order valence-electron chi connectivity index (χ2n) is 7.28. The highest BCUT2D eigenvalue weighted by molar-refractivity contribution is 6.31. The maximum Gasteiger partial charge on any atom is 0.251 e. The van der Waals surface area contributed by atoms with Crippen molar-refractivity contribution >= 4 is 34.9 Å². The second kappa shape index (κ2) is 8.49. The van der Waals surface area contributed by atoms with Crippen LogP contribution in [0.2, 0.25) is 5.02 Å². The number of anilines is 2. The number of benzene rings is 2. The van der Waals surface area contributed by atoms with Crippen LogP contribution in [-0.2, 0) is 20.9 Å². The molecule has 9 heteroatoms. The fourth-order valence-electron chi connectivity index (χ4n) is 3.53. The molecule has 1 atom stereocenters. The Hall–Kier alpha value is -3.23. The van der Waals surface area contributed by atoms with Crippen LogP contribution in [0.25, 0.3) is 11.1 Å². The molecule has 0 spiro atoms. The predicted molar refractivity (Wildman–Crippen MR) is 115 cm³/mol. The number of methoxy groups -OCH3 is 1. The summed E-state index contributed by atoms with van der Waals surface area (Å²) in [6, 6.07) is 10.3. The molecule has 2 heterocycles. The lowest BCUT2D eigenvalue weighted by molar-refractivity contribution is -0.123. The molecule has 0 bridgehead atoms. The molecule has 2 amide bonds. The molecule has 2 aromatic carbocycles. The lowest BCUT2D eigenvalue weighted by Crippen LogP contribution is -2.24. The third-order valence-corrected chi connectivity index (χ3v) is 5.48. The molecule has 3 aromatic rings. The van der Waals surface area contributed by atoms with Crippen LogP contribution in [0.1, 0.15) is 23.7 Å². The Morgan fingerprint density at radius 1 is 1.29 bits per heavy atom. The van der Waals surface area contributed by atoms with Crippen LogP contribution < -0.4 is 10.6 Å². The first kappa shape index (κ1) is 21.0. The van der Waals surface area contributed by atoms with E-state index in [1.54, 1.807) is 30.3 Å². The first-order valence-corrected chi connectivity index (χ1v) is 9.98. The number of aromatic nitrogens is 2. The van der Waals surface area contributed by atoms with Crippen molar-refractivity contribution in [2.24, 2.45) is 0 Å². The molecule has 0 saturated heterocycles. The van der Waals surface area contributed by atoms with Crippen molar-refractivity contribution in [3.63, 3.8) is 0 Å². The second-order valence-corrected chi connectivity index (χ2v) is 7.68. The standard InChI is InChI=1S/C22H20ClFN4O3/c1-12-3-8-15(9-16(12)23)25-19(29)10-18-22(30)26-21-20(13-4-6-14(24)7-5-13)17(11-31-2)27-28(18)21/h3-9,18H,10-11H2,1-2H3,(H,25,29)(H,26,30). The van der Waals surface area contributed by atoms with Gasteiger partial charge in [0.1, 0.15) is 17.7 Å². The highest BCUT2D eigenvalue weighted by Gasteiger charge is 2.37. The zero-order valence-corrected chi connectivity index (χ0v) is 17.7. The van der Waals surface area contributed by atoms with E-state index in [0.29, 0.717) is 33.3 Å². The van der Waals surface area contributed by atoms with Crippen molar-refractivity contribution in [1.29, 1.82) is 0 Å². The topological polar surface area (TPSA) is 85.2 Å². The van der Waals surface area contributed by atoms with Gasteiger partial charge in [0.05, 0.1) is 18.7 Å². The summed E-state index contributed by atoms with van der Waals surface area (Å²) in [4.78, 5) is 25.2. The zero-order valence-electron chi connectivity index (χ0n) is 16.9. The maximum atomic E-state index is 13.4. The average molecular weight is 443 g/mol. The fourth-order valence-corrected chi connectivity index (χ4v) is 3.71. The van der Waals surface area contributed by atoms with Crippen molar-refractivity contribution in [1.82, 2.24) is 9.78 Å². The molecule has 1 aliphatic rings. The van der Waals surface area contributed by atoms with E-state index in [0.717, 1.165) is 5.56 Å². The minimum Gasteiger partial charge on any atom is -0.378 e. The number of hydrogen-bond acceptors (Lipinski definition) is 4. The molecule has 0 saturated carbocycles. The van der Waals surface area contributed by atoms with Crippen LogP contribution in [0.15, 0.2) is 42.5 Å². The van der Waals surface area contributed by atoms with Crippen LogP contribution in [0.4, 0.5) is 15.9 Å². The molecule has 4 rings (SSSR count). The van der Waals surface area contributed by atoms with Crippen LogP contribution in [0, 0.1) is 12.7 Å². The van der Waals surface area contributed by atoms with Gasteiger partial charge in [0.25, 0.3) is 5.91 Å². The van der Waals surface area contributed by atoms with E-state index >= 15 is 0 Å². The Labute approximate surface area is 183 Å². The summed E-state index contributed by atoms with van der Waals surface area (Å²) < 4.78 is 20.1. The molecular formula is C22H20ClFN4O3. The number of nitrogens with zero attached hydrogens (tertiary/aromatic N) is 2. The van der Waals surface area contributed by atoms with Crippen molar-refractivity contribution in [3.05, 3.63) is 64.6 Å². The van der Waals surface area contributed by atoms with E-state index in [1.165, 1.54) is 23.9 Å². The normalized spacial score (nSPS) is 15.0. The van der Waals surface area contributed by atoms with Gasteiger partial charge in [-0.1, -0.05) is 29.8 Å². The van der Waals surface area contributed by atoms with Gasteiger partial charge in [-0.05, 0) is 42.3 Å². The lowest BCUT2D eigenvalue weighted by Gasteiger charge is -2.11. The van der Waals surface area contributed by atoms with Crippen molar-refractivity contribution in [2.75, 3.05) is 17.7 Å². The molecule has 7 nitrogen and oxygen atoms in total. The summed E-state index contributed by atoms with van der Waals surface area (Å²) in [7, 11) is 1.54. The highest BCUT2D eigenvalue weighted by atomic mass is 35.5. The smallest absolute Gasteiger partial charge is 0.251 e. The molecular weight excluding hydrogens is 423 g/mol. The summed E-state index contributed by atoms with van der Waals surface area (Å²) in [5, 5.41) is 10.6. The SMILES string of the molecule is COCc1nn2c(c1-c1ccc(F)cc1)NC(=O)C2CC(=O)Nc1ccc(C)c(Cl)c1. The Morgan fingerprint density at radius 3 is 2.71 bits per heavy atom. The monoisotopic (exact) mass is 442 g/mol. The van der Waals surface area contributed by atoms with Gasteiger partial charge in [-0.15, -0.1) is 0 Å². The van der Waals surface area contributed by atoms with E-state index in [2.05, 4.69) is 15.7 Å². The number of halogens is 2. The quantitative estimate of drug-likeness (QED) is 0.595. The summed E-state index contributed by atoms with van der Waals surface area (Å²) in [5.74, 6) is -0.595. The largest absolute Gasteiger partial charge is 0.378 e. The van der Waals surface area contributed by atoms with E-state index < -0.39 is 6.04 Å². The molecule has 1 unspecified atom stereocenters. The number of fused-ring (bicyclic) bond motifs is 1. The van der Waals surface area contributed by atoms with E-state index in [1.807, 2.05) is 6.92 Å². The molecule has 0 radical (unpaired) electrons. The average Bonchev–Trinajstić information content (AvgIpc) is 3.21. The van der Waals surface area contributed by atoms with E-state index in [9.17, 15) is 14.0 Å². The molecule has 0 fully saturated rings. The first-order valence-electron chi connectivity index (χ1n) is 9.60. The van der Waals surface area contributed by atoms with Gasteiger partial charge in [-0.3, -0.25) is 9.59 Å². The fraction of sp³-hybridized carbons (Fsp3) is 0.227. The van der Waals surface area contributed by atoms with E-state index in [4.69, 9.17) is 16.3 Å². The Morgan fingerprint density at radius 2 is 2.03 bits per heavy atom. The summed E-state index contributed by atoms with van der Waals surface area (Å²) >= 11 is 6.11. The minimum atomic E-state index is -0.819. The number of nitrogens with one attached hydrogen (secondary N) is 2. The molecule has 1 aromatic heterocycles. The van der Waals surface area contributed by atoms with Crippen LogP contribution in [0.5, 0.6) is 0 Å². The van der Waals surface area contributed by atoms with Crippen molar-refractivity contribution in [3.8, 4) is 11.1 Å². The first-order chi connectivity index (χ1) is 14.9. The van der Waals surface area contributed by atoms with E-state index in [-0.39, 0.29) is 30.7 Å². The molecule has 2 N–H and O–H groups in total. The lowest BCUT2D eigenvalue weighted by atomic mass is 10.1. The van der Waals surface area contributed by atoms with Crippen molar-refractivity contribution in [2.45, 2.75) is 26.0 Å². The third-order valence-electron chi connectivity index (χ3n) is 5.07. The Bertz CT molecular complexity index is 1160. The highest BCUT2D eigenvalue weighted by Crippen LogP contribution is 2.39. The van der Waals surface area contributed by atoms with Gasteiger partial charge in [0.2, 0.25) is 5.91 Å². The Balaban J connectivity index is 1.61. The van der Waals surface area contributed by atoms with Crippen LogP contribution in [-0.4, -0.2) is 28.7 Å². The number of amides is 2. The van der Waals surface area contributed by atoms with Gasteiger partial charge in [-0.25, -0.2) is 9.07 Å². The van der Waals surface area contributed by atoms with Gasteiger partial charge >= 0.3 is 0 Å². The van der Waals surface area contributed by atoms with Crippen LogP contribution >= 0.6 is 11.6 Å². The number of rotatable bonds is 6. The summed E-state index contributed by atoms with van der Waals surface area (Å²) in [6.45, 7) is 2.07. The predicted octanol–water partition coefficient (Wildman–Crippen LogP) is 4.32. The number of ether oxygens (including phenoxy) is 1. The van der Waals surface area contributed by atoms with Crippen molar-refractivity contribution < 1.29 is 18.7 Å². The number of hydrogen-bond donors (Lipinski definition) is 2. The maximum absolute atomic E-state index is 13.4. The van der Waals surface area contributed by atoms with Gasteiger partial charge < -0.3 is 15.4 Å². The van der Waals surface area contributed by atoms with Gasteiger partial charge in [-0.2, -0.15) is 5.10 Å². The number of aryl methyl sites for hydroxylation is 1. The molecule has 31 heavy (non-hydrogen) atoms. The van der Waals surface area contributed by atoms with Gasteiger partial charge in [0, 0.05) is 23.4 Å². The zero-order chi connectivity index (χ0) is 22.1. The summed E-state index contributed by atoms with van der Waals surface area (Å²) in [5.41, 5.74) is 3.36. The van der Waals surface area contributed by atoms with Crippen LogP contribution in [0.3, 0.4) is 0 Å². The number of carbonyl (C=O) groups is 2. The number of carbonyl (C=O) groups excluding carboxylic acids is 2. The molecule has 160 valence electrons.